The maximum Gasteiger partial charge on any atom is 0.123 e. The molecule has 21 heavy (non-hydrogen) atoms. The standard InChI is InChI=1S/C15H25NO3P2/c1-12(9-17)19-15-8-14(21-10-18-11-21)6-5-13(15)4-3-7-16-20-2/h5-6,8,12,16-17,20H,3-4,7,9-11H2,1-2H3/t12-/m1/s1. The molecular weight excluding hydrogens is 304 g/mol. The van der Waals surface area contributed by atoms with Crippen molar-refractivity contribution in [3.63, 3.8) is 0 Å². The first-order valence-electron chi connectivity index (χ1n) is 7.37. The first-order chi connectivity index (χ1) is 10.2. The molecule has 6 heteroatoms. The minimum atomic E-state index is -0.167. The normalized spacial score (nSPS) is 17.1. The molecule has 1 saturated heterocycles. The first-order valence-corrected chi connectivity index (χ1v) is 10.6. The molecule has 2 rings (SSSR count). The predicted octanol–water partition coefficient (Wildman–Crippen LogP) is 2.24. The highest BCUT2D eigenvalue weighted by atomic mass is 31.1. The Kier molecular flexibility index (Phi) is 7.36. The number of rotatable bonds is 9. The molecule has 0 amide bonds. The van der Waals surface area contributed by atoms with Crippen molar-refractivity contribution in [1.29, 1.82) is 0 Å². The molecule has 118 valence electrons. The SMILES string of the molecule is CPNCCCc1ccc(P2COC2)cc1O[C@H](C)CO. The van der Waals surface area contributed by atoms with Crippen LogP contribution in [0.2, 0.25) is 0 Å². The summed E-state index contributed by atoms with van der Waals surface area (Å²) in [6, 6.07) is 6.56. The average Bonchev–Trinajstić information content (AvgIpc) is 2.43. The zero-order valence-corrected chi connectivity index (χ0v) is 14.7. The van der Waals surface area contributed by atoms with Crippen LogP contribution in [0.25, 0.3) is 0 Å². The minimum Gasteiger partial charge on any atom is -0.488 e. The van der Waals surface area contributed by atoms with Crippen molar-refractivity contribution in [2.75, 3.05) is 32.5 Å². The zero-order valence-electron chi connectivity index (χ0n) is 12.8. The fourth-order valence-corrected chi connectivity index (χ4v) is 3.81. The molecule has 0 saturated carbocycles. The summed E-state index contributed by atoms with van der Waals surface area (Å²) in [6.45, 7) is 5.12. The molecule has 1 aliphatic rings. The quantitative estimate of drug-likeness (QED) is 0.539. The van der Waals surface area contributed by atoms with Gasteiger partial charge < -0.3 is 14.6 Å². The Labute approximate surface area is 130 Å². The molecule has 0 aliphatic carbocycles. The number of aliphatic hydroxyl groups excluding tert-OH is 1. The smallest absolute Gasteiger partial charge is 0.123 e. The van der Waals surface area contributed by atoms with Gasteiger partial charge in [-0.15, -0.1) is 0 Å². The van der Waals surface area contributed by atoms with Crippen molar-refractivity contribution < 1.29 is 14.6 Å². The minimum absolute atomic E-state index is 0.0417. The highest BCUT2D eigenvalue weighted by Gasteiger charge is 2.21. The van der Waals surface area contributed by atoms with Crippen LogP contribution in [0.15, 0.2) is 18.2 Å². The number of benzene rings is 1. The molecular formula is C15H25NO3P2. The summed E-state index contributed by atoms with van der Waals surface area (Å²) >= 11 is 0. The summed E-state index contributed by atoms with van der Waals surface area (Å²) in [5.74, 6) is 0.933. The van der Waals surface area contributed by atoms with Gasteiger partial charge in [0.05, 0.1) is 19.3 Å². The Morgan fingerprint density at radius 2 is 2.29 bits per heavy atom. The summed E-state index contributed by atoms with van der Waals surface area (Å²) in [5, 5.41) is 13.9. The van der Waals surface area contributed by atoms with E-state index in [1.165, 1.54) is 10.9 Å². The first kappa shape index (κ1) is 17.1. The van der Waals surface area contributed by atoms with Gasteiger partial charge in [0.15, 0.2) is 0 Å². The van der Waals surface area contributed by atoms with Crippen molar-refractivity contribution in [3.8, 4) is 5.75 Å². The fourth-order valence-electron chi connectivity index (χ4n) is 2.13. The Morgan fingerprint density at radius 3 is 2.90 bits per heavy atom. The van der Waals surface area contributed by atoms with Gasteiger partial charge in [-0.2, -0.15) is 0 Å². The second-order valence-corrected chi connectivity index (χ2v) is 8.15. The topological polar surface area (TPSA) is 50.7 Å². The van der Waals surface area contributed by atoms with Gasteiger partial charge in [-0.25, -0.2) is 0 Å². The van der Waals surface area contributed by atoms with E-state index in [0.717, 1.165) is 46.6 Å². The highest BCUT2D eigenvalue weighted by Crippen LogP contribution is 2.43. The van der Waals surface area contributed by atoms with Crippen molar-refractivity contribution in [2.45, 2.75) is 25.9 Å². The van der Waals surface area contributed by atoms with E-state index in [2.05, 4.69) is 30.0 Å². The van der Waals surface area contributed by atoms with E-state index in [9.17, 15) is 5.11 Å². The number of aryl methyl sites for hydroxylation is 1. The second kappa shape index (κ2) is 9.02. The largest absolute Gasteiger partial charge is 0.488 e. The number of hydrogen-bond donors (Lipinski definition) is 2. The van der Waals surface area contributed by atoms with E-state index in [4.69, 9.17) is 9.47 Å². The maximum absolute atomic E-state index is 9.22. The predicted molar refractivity (Wildman–Crippen MR) is 91.6 cm³/mol. The molecule has 2 N–H and O–H groups in total. The van der Waals surface area contributed by atoms with Gasteiger partial charge in [-0.05, 0) is 57.8 Å². The van der Waals surface area contributed by atoms with Gasteiger partial charge in [0.1, 0.15) is 11.9 Å². The van der Waals surface area contributed by atoms with E-state index in [-0.39, 0.29) is 20.6 Å². The molecule has 4 nitrogen and oxygen atoms in total. The molecule has 0 radical (unpaired) electrons. The highest BCUT2D eigenvalue weighted by molar-refractivity contribution is 7.66. The second-order valence-electron chi connectivity index (χ2n) is 5.19. The summed E-state index contributed by atoms with van der Waals surface area (Å²) in [7, 11) is 0.650. The van der Waals surface area contributed by atoms with Crippen LogP contribution >= 0.6 is 16.7 Å². The Morgan fingerprint density at radius 1 is 1.48 bits per heavy atom. The van der Waals surface area contributed by atoms with Crippen LogP contribution in [-0.2, 0) is 11.2 Å². The van der Waals surface area contributed by atoms with Crippen molar-refractivity contribution in [1.82, 2.24) is 5.09 Å². The third-order valence-electron chi connectivity index (χ3n) is 3.42. The van der Waals surface area contributed by atoms with Crippen molar-refractivity contribution in [3.05, 3.63) is 23.8 Å². The number of aliphatic hydroxyl groups is 1. The molecule has 2 atom stereocenters. The lowest BCUT2D eigenvalue weighted by Crippen LogP contribution is -2.21. The van der Waals surface area contributed by atoms with Crippen LogP contribution in [0.1, 0.15) is 18.9 Å². The van der Waals surface area contributed by atoms with Crippen LogP contribution in [0.3, 0.4) is 0 Å². The van der Waals surface area contributed by atoms with Gasteiger partial charge in [0.25, 0.3) is 0 Å². The summed E-state index contributed by atoms with van der Waals surface area (Å²) in [5.41, 5.74) is 1.23. The van der Waals surface area contributed by atoms with Gasteiger partial charge in [0, 0.05) is 0 Å². The van der Waals surface area contributed by atoms with E-state index >= 15 is 0 Å². The molecule has 0 aromatic heterocycles. The van der Waals surface area contributed by atoms with Crippen molar-refractivity contribution in [2.24, 2.45) is 0 Å². The van der Waals surface area contributed by atoms with E-state index in [0.29, 0.717) is 0 Å². The molecule has 0 spiro atoms. The van der Waals surface area contributed by atoms with E-state index in [1.807, 2.05) is 6.92 Å². The summed E-state index contributed by atoms with van der Waals surface area (Å²) < 4.78 is 11.2. The Bertz CT molecular complexity index is 441. The van der Waals surface area contributed by atoms with E-state index in [1.54, 1.807) is 0 Å². The lowest BCUT2D eigenvalue weighted by molar-refractivity contribution is 0.129. The van der Waals surface area contributed by atoms with Crippen LogP contribution in [0.4, 0.5) is 0 Å². The average molecular weight is 329 g/mol. The summed E-state index contributed by atoms with van der Waals surface area (Å²) in [4.78, 5) is 0. The molecule has 1 aromatic carbocycles. The third kappa shape index (κ3) is 5.16. The lowest BCUT2D eigenvalue weighted by atomic mass is 10.1. The van der Waals surface area contributed by atoms with Crippen LogP contribution < -0.4 is 15.1 Å². The molecule has 1 aromatic rings. The van der Waals surface area contributed by atoms with Crippen LogP contribution in [0.5, 0.6) is 5.75 Å². The fraction of sp³-hybridized carbons (Fsp3) is 0.600. The Balaban J connectivity index is 2.05. The monoisotopic (exact) mass is 329 g/mol. The molecule has 1 unspecified atom stereocenters. The molecule has 1 fully saturated rings. The summed E-state index contributed by atoms with van der Waals surface area (Å²) in [6.07, 6.45) is 3.66. The number of ether oxygens (including phenoxy) is 2. The van der Waals surface area contributed by atoms with Gasteiger partial charge in [0.2, 0.25) is 0 Å². The maximum atomic E-state index is 9.22. The molecule has 1 heterocycles. The van der Waals surface area contributed by atoms with Gasteiger partial charge in [-0.3, -0.25) is 5.09 Å². The van der Waals surface area contributed by atoms with E-state index < -0.39 is 0 Å². The Hall–Kier alpha value is -0.240. The molecule has 0 bridgehead atoms. The number of nitrogens with one attached hydrogen (secondary N) is 1. The lowest BCUT2D eigenvalue weighted by Gasteiger charge is -2.28. The van der Waals surface area contributed by atoms with Gasteiger partial charge in [-0.1, -0.05) is 20.9 Å². The van der Waals surface area contributed by atoms with Gasteiger partial charge >= 0.3 is 0 Å². The van der Waals surface area contributed by atoms with Crippen LogP contribution in [-0.4, -0.2) is 43.7 Å². The molecule has 1 aliphatic heterocycles. The zero-order chi connectivity index (χ0) is 15.1. The van der Waals surface area contributed by atoms with Crippen LogP contribution in [0, 0.1) is 0 Å². The third-order valence-corrected chi connectivity index (χ3v) is 6.02. The van der Waals surface area contributed by atoms with Crippen molar-refractivity contribution >= 4 is 22.0 Å². The number of hydrogen-bond acceptors (Lipinski definition) is 4.